The molecule has 0 aliphatic rings. The SMILES string of the molecule is COc1ccc(CCNc2cc(C(=O)Nc3cccc(F)c3)ncn2)cc1. The van der Waals surface area contributed by atoms with Crippen LogP contribution in [-0.2, 0) is 6.42 Å². The van der Waals surface area contributed by atoms with Gasteiger partial charge in [-0.1, -0.05) is 18.2 Å². The molecule has 138 valence electrons. The summed E-state index contributed by atoms with van der Waals surface area (Å²) in [5, 5.41) is 5.78. The molecule has 0 spiro atoms. The summed E-state index contributed by atoms with van der Waals surface area (Å²) in [6, 6.07) is 15.1. The highest BCUT2D eigenvalue weighted by Crippen LogP contribution is 2.13. The van der Waals surface area contributed by atoms with Gasteiger partial charge >= 0.3 is 0 Å². The average molecular weight is 366 g/mol. The van der Waals surface area contributed by atoms with Gasteiger partial charge in [-0.05, 0) is 42.3 Å². The van der Waals surface area contributed by atoms with Gasteiger partial charge < -0.3 is 15.4 Å². The molecule has 2 aromatic carbocycles. The molecule has 0 saturated heterocycles. The quantitative estimate of drug-likeness (QED) is 0.669. The maximum atomic E-state index is 13.2. The fraction of sp³-hybridized carbons (Fsp3) is 0.150. The monoisotopic (exact) mass is 366 g/mol. The first-order valence-corrected chi connectivity index (χ1v) is 8.40. The number of nitrogens with zero attached hydrogens (tertiary/aromatic N) is 2. The molecule has 0 atom stereocenters. The minimum atomic E-state index is -0.429. The van der Waals surface area contributed by atoms with Crippen LogP contribution in [0.3, 0.4) is 0 Å². The van der Waals surface area contributed by atoms with E-state index in [2.05, 4.69) is 20.6 Å². The summed E-state index contributed by atoms with van der Waals surface area (Å²) in [6.07, 6.45) is 2.11. The van der Waals surface area contributed by atoms with Gasteiger partial charge in [-0.25, -0.2) is 14.4 Å². The number of anilines is 2. The number of hydrogen-bond donors (Lipinski definition) is 2. The van der Waals surface area contributed by atoms with E-state index in [9.17, 15) is 9.18 Å². The van der Waals surface area contributed by atoms with Crippen molar-refractivity contribution in [1.82, 2.24) is 9.97 Å². The molecule has 1 heterocycles. The Morgan fingerprint density at radius 2 is 1.93 bits per heavy atom. The van der Waals surface area contributed by atoms with Crippen molar-refractivity contribution in [3.63, 3.8) is 0 Å². The number of halogens is 1. The number of amides is 1. The Kier molecular flexibility index (Phi) is 5.94. The van der Waals surface area contributed by atoms with Crippen molar-refractivity contribution in [3.8, 4) is 5.75 Å². The molecule has 1 amide bonds. The maximum absolute atomic E-state index is 13.2. The largest absolute Gasteiger partial charge is 0.497 e. The average Bonchev–Trinajstić information content (AvgIpc) is 2.69. The summed E-state index contributed by atoms with van der Waals surface area (Å²) in [5.74, 6) is 0.511. The summed E-state index contributed by atoms with van der Waals surface area (Å²) in [7, 11) is 1.63. The van der Waals surface area contributed by atoms with Crippen LogP contribution in [0.1, 0.15) is 16.1 Å². The van der Waals surface area contributed by atoms with Crippen LogP contribution < -0.4 is 15.4 Å². The predicted molar refractivity (Wildman–Crippen MR) is 102 cm³/mol. The van der Waals surface area contributed by atoms with Crippen molar-refractivity contribution >= 4 is 17.4 Å². The minimum absolute atomic E-state index is 0.196. The molecule has 0 aliphatic heterocycles. The molecule has 27 heavy (non-hydrogen) atoms. The van der Waals surface area contributed by atoms with Crippen LogP contribution in [0.2, 0.25) is 0 Å². The highest BCUT2D eigenvalue weighted by atomic mass is 19.1. The lowest BCUT2D eigenvalue weighted by molar-refractivity contribution is 0.102. The number of aromatic nitrogens is 2. The topological polar surface area (TPSA) is 76.1 Å². The molecule has 0 bridgehead atoms. The highest BCUT2D eigenvalue weighted by molar-refractivity contribution is 6.03. The molecule has 3 aromatic rings. The van der Waals surface area contributed by atoms with Gasteiger partial charge in [0.2, 0.25) is 0 Å². The first-order valence-electron chi connectivity index (χ1n) is 8.40. The Morgan fingerprint density at radius 1 is 1.11 bits per heavy atom. The zero-order valence-corrected chi connectivity index (χ0v) is 14.8. The molecular weight excluding hydrogens is 347 g/mol. The van der Waals surface area contributed by atoms with E-state index in [-0.39, 0.29) is 5.69 Å². The predicted octanol–water partition coefficient (Wildman–Crippen LogP) is 3.53. The highest BCUT2D eigenvalue weighted by Gasteiger charge is 2.09. The molecule has 2 N–H and O–H groups in total. The Hall–Kier alpha value is -3.48. The van der Waals surface area contributed by atoms with Gasteiger partial charge in [-0.2, -0.15) is 0 Å². The van der Waals surface area contributed by atoms with E-state index in [4.69, 9.17) is 4.74 Å². The number of carbonyl (C=O) groups excluding carboxylic acids is 1. The standard InChI is InChI=1S/C20H19FN4O2/c1-27-17-7-5-14(6-8-17)9-10-22-19-12-18(23-13-24-19)20(26)25-16-4-2-3-15(21)11-16/h2-8,11-13H,9-10H2,1H3,(H,25,26)(H,22,23,24). The molecule has 7 heteroatoms. The van der Waals surface area contributed by atoms with Crippen molar-refractivity contribution in [1.29, 1.82) is 0 Å². The van der Waals surface area contributed by atoms with Crippen molar-refractivity contribution in [2.45, 2.75) is 6.42 Å². The smallest absolute Gasteiger partial charge is 0.274 e. The minimum Gasteiger partial charge on any atom is -0.497 e. The lowest BCUT2D eigenvalue weighted by Gasteiger charge is -2.08. The van der Waals surface area contributed by atoms with Crippen LogP contribution in [0.25, 0.3) is 0 Å². The van der Waals surface area contributed by atoms with E-state index in [1.54, 1.807) is 19.2 Å². The van der Waals surface area contributed by atoms with E-state index in [1.165, 1.54) is 24.5 Å². The summed E-state index contributed by atoms with van der Waals surface area (Å²) in [6.45, 7) is 0.647. The van der Waals surface area contributed by atoms with E-state index >= 15 is 0 Å². The third-order valence-electron chi connectivity index (χ3n) is 3.86. The molecule has 0 radical (unpaired) electrons. The summed E-state index contributed by atoms with van der Waals surface area (Å²) < 4.78 is 18.3. The Bertz CT molecular complexity index is 916. The second-order valence-corrected chi connectivity index (χ2v) is 5.78. The van der Waals surface area contributed by atoms with Gasteiger partial charge in [0.15, 0.2) is 0 Å². The molecule has 6 nitrogen and oxygen atoms in total. The van der Waals surface area contributed by atoms with Crippen LogP contribution in [0.4, 0.5) is 15.9 Å². The molecule has 0 aliphatic carbocycles. The summed E-state index contributed by atoms with van der Waals surface area (Å²) in [4.78, 5) is 20.4. The first kappa shape index (κ1) is 18.3. The second kappa shape index (κ2) is 8.75. The van der Waals surface area contributed by atoms with Crippen molar-refractivity contribution in [3.05, 3.63) is 78.0 Å². The van der Waals surface area contributed by atoms with E-state index < -0.39 is 11.7 Å². The fourth-order valence-electron chi connectivity index (χ4n) is 2.47. The number of nitrogens with one attached hydrogen (secondary N) is 2. The number of carbonyl (C=O) groups is 1. The molecule has 3 rings (SSSR count). The van der Waals surface area contributed by atoms with Crippen molar-refractivity contribution in [2.75, 3.05) is 24.3 Å². The van der Waals surface area contributed by atoms with Crippen molar-refractivity contribution < 1.29 is 13.9 Å². The summed E-state index contributed by atoms with van der Waals surface area (Å²) >= 11 is 0. The number of rotatable bonds is 7. The Balaban J connectivity index is 1.57. The van der Waals surface area contributed by atoms with Gasteiger partial charge in [0, 0.05) is 18.3 Å². The molecule has 0 fully saturated rings. The van der Waals surface area contributed by atoms with E-state index in [0.717, 1.165) is 17.7 Å². The molecule has 1 aromatic heterocycles. The summed E-state index contributed by atoms with van der Waals surface area (Å²) in [5.41, 5.74) is 1.72. The lowest BCUT2D eigenvalue weighted by Crippen LogP contribution is -2.15. The first-order chi connectivity index (χ1) is 13.1. The van der Waals surface area contributed by atoms with Crippen molar-refractivity contribution in [2.24, 2.45) is 0 Å². The fourth-order valence-corrected chi connectivity index (χ4v) is 2.47. The van der Waals surface area contributed by atoms with Crippen LogP contribution in [0.15, 0.2) is 60.9 Å². The normalized spacial score (nSPS) is 10.3. The van der Waals surface area contributed by atoms with Crippen LogP contribution in [0.5, 0.6) is 5.75 Å². The molecule has 0 saturated carbocycles. The van der Waals surface area contributed by atoms with Gasteiger partial charge in [0.05, 0.1) is 7.11 Å². The lowest BCUT2D eigenvalue weighted by atomic mass is 10.1. The van der Waals surface area contributed by atoms with Gasteiger partial charge in [-0.3, -0.25) is 4.79 Å². The number of benzene rings is 2. The van der Waals surface area contributed by atoms with Gasteiger partial charge in [-0.15, -0.1) is 0 Å². The van der Waals surface area contributed by atoms with Gasteiger partial charge in [0.1, 0.15) is 29.4 Å². The zero-order valence-electron chi connectivity index (χ0n) is 14.8. The third-order valence-corrected chi connectivity index (χ3v) is 3.86. The van der Waals surface area contributed by atoms with E-state index in [0.29, 0.717) is 18.1 Å². The Labute approximate surface area is 156 Å². The third kappa shape index (κ3) is 5.24. The zero-order chi connectivity index (χ0) is 19.1. The van der Waals surface area contributed by atoms with Crippen LogP contribution in [0, 0.1) is 5.82 Å². The second-order valence-electron chi connectivity index (χ2n) is 5.78. The number of ether oxygens (including phenoxy) is 1. The molecular formula is C20H19FN4O2. The Morgan fingerprint density at radius 3 is 2.67 bits per heavy atom. The number of hydrogen-bond acceptors (Lipinski definition) is 5. The van der Waals surface area contributed by atoms with Gasteiger partial charge in [0.25, 0.3) is 5.91 Å². The van der Waals surface area contributed by atoms with Crippen LogP contribution >= 0.6 is 0 Å². The van der Waals surface area contributed by atoms with E-state index in [1.807, 2.05) is 24.3 Å². The number of methoxy groups -OCH3 is 1. The molecule has 0 unspecified atom stereocenters. The van der Waals surface area contributed by atoms with Crippen LogP contribution in [-0.4, -0.2) is 29.5 Å². The maximum Gasteiger partial charge on any atom is 0.274 e.